The van der Waals surface area contributed by atoms with E-state index >= 15 is 0 Å². The molecule has 0 saturated carbocycles. The van der Waals surface area contributed by atoms with Crippen LogP contribution in [0.5, 0.6) is 0 Å². The van der Waals surface area contributed by atoms with E-state index in [1.807, 2.05) is 13.8 Å². The Morgan fingerprint density at radius 1 is 0.513 bits per heavy atom. The van der Waals surface area contributed by atoms with Crippen LogP contribution in [0.2, 0.25) is 0 Å². The zero-order valence-electron chi connectivity index (χ0n) is 24.4. The quantitative estimate of drug-likeness (QED) is 0.0361. The summed E-state index contributed by atoms with van der Waals surface area (Å²) < 4.78 is 6.77. The van der Waals surface area contributed by atoms with E-state index in [2.05, 4.69) is 21.3 Å². The van der Waals surface area contributed by atoms with Gasteiger partial charge in [-0.3, -0.25) is 21.6 Å². The molecule has 13 heteroatoms. The van der Waals surface area contributed by atoms with Gasteiger partial charge in [0.1, 0.15) is 11.4 Å². The first-order valence-electron chi connectivity index (χ1n) is 14.6. The molecule has 0 aliphatic rings. The van der Waals surface area contributed by atoms with Gasteiger partial charge in [-0.2, -0.15) is 0 Å². The Morgan fingerprint density at radius 2 is 0.821 bits per heavy atom. The first-order chi connectivity index (χ1) is 18.5. The minimum absolute atomic E-state index is 0.0153. The molecule has 13 nitrogen and oxygen atoms in total. The molecular formula is C26H58N12O. The van der Waals surface area contributed by atoms with E-state index in [0.717, 1.165) is 90.1 Å². The van der Waals surface area contributed by atoms with Crippen LogP contribution in [0.3, 0.4) is 0 Å². The second-order valence-electron chi connectivity index (χ2n) is 10.3. The Labute approximate surface area is 235 Å². The van der Waals surface area contributed by atoms with Gasteiger partial charge in [0.2, 0.25) is 0 Å². The predicted molar refractivity (Wildman–Crippen MR) is 162 cm³/mol. The normalized spacial score (nSPS) is 14.0. The topological polar surface area (TPSA) is 257 Å². The molecule has 2 atom stereocenters. The lowest BCUT2D eigenvalue weighted by Gasteiger charge is -2.45. The summed E-state index contributed by atoms with van der Waals surface area (Å²) >= 11 is 0. The van der Waals surface area contributed by atoms with Gasteiger partial charge in [0.05, 0.1) is 0 Å². The van der Waals surface area contributed by atoms with Crippen LogP contribution in [0.25, 0.3) is 0 Å². The van der Waals surface area contributed by atoms with Crippen LogP contribution >= 0.6 is 0 Å². The summed E-state index contributed by atoms with van der Waals surface area (Å²) in [6.45, 7) is 5.50. The molecule has 39 heavy (non-hydrogen) atoms. The van der Waals surface area contributed by atoms with Gasteiger partial charge in [-0.25, -0.2) is 0 Å². The summed E-state index contributed by atoms with van der Waals surface area (Å²) in [6, 6.07) is 0. The van der Waals surface area contributed by atoms with Crippen molar-refractivity contribution in [1.29, 1.82) is 21.6 Å². The molecule has 0 fully saturated rings. The predicted octanol–water partition coefficient (Wildman–Crippen LogP) is 2.61. The second-order valence-corrected chi connectivity index (χ2v) is 10.3. The van der Waals surface area contributed by atoms with Crippen molar-refractivity contribution in [3.05, 3.63) is 0 Å². The molecule has 228 valence electrons. The van der Waals surface area contributed by atoms with Gasteiger partial charge in [-0.05, 0) is 51.4 Å². The maximum atomic E-state index is 7.93. The summed E-state index contributed by atoms with van der Waals surface area (Å²) in [4.78, 5) is 0. The molecule has 0 amide bonds. The largest absolute Gasteiger partial charge is 0.370 e. The van der Waals surface area contributed by atoms with Crippen molar-refractivity contribution in [2.24, 2.45) is 22.9 Å². The average molecular weight is 555 g/mol. The van der Waals surface area contributed by atoms with Crippen LogP contribution in [0.4, 0.5) is 0 Å². The number of nitrogens with one attached hydrogen (secondary N) is 8. The Morgan fingerprint density at radius 3 is 1.10 bits per heavy atom. The number of hydrogen-bond donors (Lipinski definition) is 12. The monoisotopic (exact) mass is 554 g/mol. The molecule has 0 radical (unpaired) electrons. The second kappa shape index (κ2) is 20.9. The fourth-order valence-electron chi connectivity index (χ4n) is 4.75. The number of guanidine groups is 4. The maximum Gasteiger partial charge on any atom is 0.187 e. The summed E-state index contributed by atoms with van der Waals surface area (Å²) in [5, 5.41) is 42.1. The molecule has 0 spiro atoms. The highest BCUT2D eigenvalue weighted by Crippen LogP contribution is 2.32. The summed E-state index contributed by atoms with van der Waals surface area (Å²) in [6.07, 6.45) is 15.0. The number of nitrogens with two attached hydrogens (primary N) is 4. The first-order valence-corrected chi connectivity index (χ1v) is 14.6. The Kier molecular flexibility index (Phi) is 19.3. The minimum Gasteiger partial charge on any atom is -0.370 e. The van der Waals surface area contributed by atoms with Crippen LogP contribution in [0.1, 0.15) is 117 Å². The average Bonchev–Trinajstić information content (AvgIpc) is 2.85. The van der Waals surface area contributed by atoms with Gasteiger partial charge < -0.3 is 48.9 Å². The summed E-state index contributed by atoms with van der Waals surface area (Å²) in [5.74, 6) is -0.244. The van der Waals surface area contributed by atoms with E-state index in [9.17, 15) is 0 Å². The van der Waals surface area contributed by atoms with Gasteiger partial charge in [0, 0.05) is 13.1 Å². The maximum absolute atomic E-state index is 7.93. The van der Waals surface area contributed by atoms with Crippen LogP contribution in [-0.2, 0) is 4.74 Å². The SMILES string of the molecule is CCC(CCCCCCCCNC(=N)N)(NC(=N)N)OC(CC)(CCCCCCCCNC(=N)N)NC(=N)N. The molecule has 0 aromatic heterocycles. The van der Waals surface area contributed by atoms with Crippen LogP contribution in [0, 0.1) is 21.6 Å². The highest BCUT2D eigenvalue weighted by atomic mass is 16.6. The van der Waals surface area contributed by atoms with E-state index < -0.39 is 11.4 Å². The van der Waals surface area contributed by atoms with E-state index in [-0.39, 0.29) is 23.8 Å². The molecule has 0 aromatic carbocycles. The third kappa shape index (κ3) is 18.9. The third-order valence-corrected chi connectivity index (χ3v) is 6.90. The molecule has 0 bridgehead atoms. The molecule has 16 N–H and O–H groups in total. The highest BCUT2D eigenvalue weighted by Gasteiger charge is 2.40. The van der Waals surface area contributed by atoms with Gasteiger partial charge in [0.15, 0.2) is 23.8 Å². The third-order valence-electron chi connectivity index (χ3n) is 6.90. The summed E-state index contributed by atoms with van der Waals surface area (Å²) in [5.41, 5.74) is 20.5. The van der Waals surface area contributed by atoms with Crippen LogP contribution in [0.15, 0.2) is 0 Å². The van der Waals surface area contributed by atoms with E-state index in [1.54, 1.807) is 0 Å². The standard InChI is InChI=1S/C26H58N12O/c1-3-25(37-23(31)32,17-13-9-5-7-11-15-19-35-21(27)28)39-26(4-2,38-24(33)34)18-14-10-6-8-12-16-20-36-22(29)30/h3-20H2,1-2H3,(H4,27,28,35)(H4,29,30,36)(H4,31,32,37)(H4,33,34,38). The Hall–Kier alpha value is -2.96. The molecule has 0 rings (SSSR count). The van der Waals surface area contributed by atoms with Gasteiger partial charge in [0.25, 0.3) is 0 Å². The lowest BCUT2D eigenvalue weighted by molar-refractivity contribution is -0.185. The number of rotatable bonds is 24. The van der Waals surface area contributed by atoms with E-state index in [1.165, 1.54) is 0 Å². The van der Waals surface area contributed by atoms with Gasteiger partial charge in [-0.15, -0.1) is 0 Å². The Bertz CT molecular complexity index is 661. The van der Waals surface area contributed by atoms with Crippen molar-refractivity contribution < 1.29 is 4.74 Å². The van der Waals surface area contributed by atoms with Crippen molar-refractivity contribution in [2.75, 3.05) is 13.1 Å². The number of ether oxygens (including phenoxy) is 1. The van der Waals surface area contributed by atoms with Crippen molar-refractivity contribution in [3.8, 4) is 0 Å². The molecule has 0 heterocycles. The Balaban J connectivity index is 4.93. The lowest BCUT2D eigenvalue weighted by atomic mass is 9.96. The van der Waals surface area contributed by atoms with Crippen LogP contribution in [-0.4, -0.2) is 48.4 Å². The lowest BCUT2D eigenvalue weighted by Crippen LogP contribution is -2.62. The molecule has 0 aliphatic heterocycles. The van der Waals surface area contributed by atoms with Crippen molar-refractivity contribution in [2.45, 2.75) is 128 Å². The zero-order valence-corrected chi connectivity index (χ0v) is 24.4. The van der Waals surface area contributed by atoms with E-state index in [4.69, 9.17) is 49.3 Å². The van der Waals surface area contributed by atoms with Crippen molar-refractivity contribution >= 4 is 23.8 Å². The zero-order chi connectivity index (χ0) is 29.6. The van der Waals surface area contributed by atoms with Crippen molar-refractivity contribution in [1.82, 2.24) is 21.3 Å². The fourth-order valence-corrected chi connectivity index (χ4v) is 4.75. The number of unbranched alkanes of at least 4 members (excludes halogenated alkanes) is 10. The van der Waals surface area contributed by atoms with Crippen molar-refractivity contribution in [3.63, 3.8) is 0 Å². The highest BCUT2D eigenvalue weighted by molar-refractivity contribution is 5.76. The fraction of sp³-hybridized carbons (Fsp3) is 0.846. The summed E-state index contributed by atoms with van der Waals surface area (Å²) in [7, 11) is 0. The van der Waals surface area contributed by atoms with Gasteiger partial charge in [-0.1, -0.05) is 65.2 Å². The van der Waals surface area contributed by atoms with Crippen LogP contribution < -0.4 is 44.2 Å². The molecule has 0 aromatic rings. The molecule has 0 aliphatic carbocycles. The number of hydrogen-bond acceptors (Lipinski definition) is 5. The molecular weight excluding hydrogens is 496 g/mol. The molecule has 0 saturated heterocycles. The van der Waals surface area contributed by atoms with Gasteiger partial charge >= 0.3 is 0 Å². The smallest absolute Gasteiger partial charge is 0.187 e. The molecule has 2 unspecified atom stereocenters. The van der Waals surface area contributed by atoms with E-state index in [0.29, 0.717) is 25.7 Å². The minimum atomic E-state index is -0.834. The first kappa shape index (κ1) is 36.0.